The number of anilines is 1. The minimum Gasteiger partial charge on any atom is -0.357 e. The van der Waals surface area contributed by atoms with Gasteiger partial charge in [0.05, 0.1) is 24.0 Å². The molecule has 1 amide bonds. The second-order valence-corrected chi connectivity index (χ2v) is 6.49. The summed E-state index contributed by atoms with van der Waals surface area (Å²) in [6.07, 6.45) is 2.39. The number of rotatable bonds is 3. The molecule has 2 aromatic heterocycles. The van der Waals surface area contributed by atoms with Crippen molar-refractivity contribution in [2.24, 2.45) is 0 Å². The number of carbonyl (C=O) groups is 1. The Bertz CT molecular complexity index is 920. The number of fused-ring (bicyclic) bond motifs is 1. The average molecular weight is 336 g/mol. The summed E-state index contributed by atoms with van der Waals surface area (Å²) in [6, 6.07) is 10.3. The van der Waals surface area contributed by atoms with Gasteiger partial charge in [0.25, 0.3) is 0 Å². The van der Waals surface area contributed by atoms with E-state index < -0.39 is 0 Å². The van der Waals surface area contributed by atoms with Crippen LogP contribution >= 0.6 is 0 Å². The van der Waals surface area contributed by atoms with Crippen LogP contribution in [0.15, 0.2) is 36.7 Å². The van der Waals surface area contributed by atoms with E-state index in [4.69, 9.17) is 0 Å². The Morgan fingerprint density at radius 3 is 2.84 bits per heavy atom. The molecule has 7 heteroatoms. The minimum atomic E-state index is 0.0266. The fourth-order valence-electron chi connectivity index (χ4n) is 3.42. The lowest BCUT2D eigenvalue weighted by molar-refractivity contribution is -0.121. The molecule has 3 heterocycles. The molecule has 4 rings (SSSR count). The largest absolute Gasteiger partial charge is 0.357 e. The van der Waals surface area contributed by atoms with Gasteiger partial charge in [-0.3, -0.25) is 4.79 Å². The fourth-order valence-corrected chi connectivity index (χ4v) is 3.42. The third-order valence-electron chi connectivity index (χ3n) is 4.68. The molecule has 1 fully saturated rings. The lowest BCUT2D eigenvalue weighted by atomic mass is 10.0. The van der Waals surface area contributed by atoms with Crippen molar-refractivity contribution >= 4 is 17.2 Å². The summed E-state index contributed by atoms with van der Waals surface area (Å²) in [5.41, 5.74) is 4.79. The lowest BCUT2D eigenvalue weighted by Gasteiger charge is -2.35. The second-order valence-electron chi connectivity index (χ2n) is 6.49. The quantitative estimate of drug-likeness (QED) is 0.780. The van der Waals surface area contributed by atoms with E-state index in [1.54, 1.807) is 10.8 Å². The predicted molar refractivity (Wildman–Crippen MR) is 94.5 cm³/mol. The highest BCUT2D eigenvalue weighted by Gasteiger charge is 2.28. The van der Waals surface area contributed by atoms with E-state index in [9.17, 15) is 4.79 Å². The van der Waals surface area contributed by atoms with E-state index in [-0.39, 0.29) is 11.9 Å². The van der Waals surface area contributed by atoms with E-state index in [2.05, 4.69) is 37.6 Å². The molecule has 1 aliphatic heterocycles. The second kappa shape index (κ2) is 6.16. The molecular weight excluding hydrogens is 316 g/mol. The maximum absolute atomic E-state index is 12.3. The van der Waals surface area contributed by atoms with Crippen LogP contribution in [-0.2, 0) is 11.2 Å². The van der Waals surface area contributed by atoms with E-state index in [1.165, 1.54) is 5.56 Å². The molecule has 1 aromatic carbocycles. The van der Waals surface area contributed by atoms with Crippen molar-refractivity contribution < 1.29 is 4.79 Å². The van der Waals surface area contributed by atoms with Gasteiger partial charge in [-0.2, -0.15) is 9.61 Å². The summed E-state index contributed by atoms with van der Waals surface area (Å²) >= 11 is 0. The molecule has 1 atom stereocenters. The van der Waals surface area contributed by atoms with E-state index in [1.807, 2.05) is 32.0 Å². The zero-order valence-electron chi connectivity index (χ0n) is 14.3. The van der Waals surface area contributed by atoms with Crippen LogP contribution < -0.4 is 10.2 Å². The number of carbonyl (C=O) groups excluding carboxylic acids is 1. The summed E-state index contributed by atoms with van der Waals surface area (Å²) in [5.74, 6) is 0.0266. The first-order valence-corrected chi connectivity index (χ1v) is 8.37. The summed E-state index contributed by atoms with van der Waals surface area (Å²) in [7, 11) is 0. The van der Waals surface area contributed by atoms with Gasteiger partial charge in [-0.15, -0.1) is 10.2 Å². The Morgan fingerprint density at radius 1 is 1.24 bits per heavy atom. The van der Waals surface area contributed by atoms with Gasteiger partial charge < -0.3 is 10.2 Å². The average Bonchev–Trinajstić information content (AvgIpc) is 3.04. The molecule has 1 saturated heterocycles. The van der Waals surface area contributed by atoms with Crippen LogP contribution in [0, 0.1) is 13.8 Å². The number of aryl methyl sites for hydroxylation is 1. The van der Waals surface area contributed by atoms with Gasteiger partial charge in [-0.1, -0.05) is 30.3 Å². The molecule has 1 aliphatic rings. The summed E-state index contributed by atoms with van der Waals surface area (Å²) < 4.78 is 1.68. The van der Waals surface area contributed by atoms with Crippen LogP contribution in [0.2, 0.25) is 0 Å². The molecule has 0 bridgehead atoms. The highest BCUT2D eigenvalue weighted by Crippen LogP contribution is 2.27. The Balaban J connectivity index is 1.67. The SMILES string of the molecule is Cc1nn2cnnc2c(N2CC(=O)N[C@@H](Cc3ccccc3)C2)c1C. The van der Waals surface area contributed by atoms with Crippen LogP contribution in [0.1, 0.15) is 16.8 Å². The van der Waals surface area contributed by atoms with Gasteiger partial charge in [0.15, 0.2) is 0 Å². The highest BCUT2D eigenvalue weighted by atomic mass is 16.2. The van der Waals surface area contributed by atoms with Crippen molar-refractivity contribution in [3.8, 4) is 0 Å². The molecule has 25 heavy (non-hydrogen) atoms. The third kappa shape index (κ3) is 2.93. The molecule has 0 unspecified atom stereocenters. The molecule has 0 radical (unpaired) electrons. The number of hydrogen-bond acceptors (Lipinski definition) is 5. The van der Waals surface area contributed by atoms with Gasteiger partial charge in [-0.05, 0) is 31.4 Å². The van der Waals surface area contributed by atoms with Crippen molar-refractivity contribution in [3.63, 3.8) is 0 Å². The first kappa shape index (κ1) is 15.6. The number of amides is 1. The molecule has 3 aromatic rings. The number of nitrogens with one attached hydrogen (secondary N) is 1. The number of benzene rings is 1. The van der Waals surface area contributed by atoms with Gasteiger partial charge in [0.1, 0.15) is 6.33 Å². The zero-order valence-corrected chi connectivity index (χ0v) is 14.3. The van der Waals surface area contributed by atoms with Crippen molar-refractivity contribution in [3.05, 3.63) is 53.5 Å². The molecule has 1 N–H and O–H groups in total. The molecule has 7 nitrogen and oxygen atoms in total. The Hall–Kier alpha value is -2.96. The van der Waals surface area contributed by atoms with Crippen LogP contribution in [0.25, 0.3) is 5.65 Å². The maximum atomic E-state index is 12.3. The predicted octanol–water partition coefficient (Wildman–Crippen LogP) is 1.29. The van der Waals surface area contributed by atoms with Crippen molar-refractivity contribution in [2.45, 2.75) is 26.3 Å². The summed E-state index contributed by atoms with van der Waals surface area (Å²) in [5, 5.41) is 15.7. The Labute approximate surface area is 145 Å². The number of hydrogen-bond donors (Lipinski definition) is 1. The smallest absolute Gasteiger partial charge is 0.239 e. The van der Waals surface area contributed by atoms with E-state index in [0.29, 0.717) is 12.2 Å². The normalized spacial score (nSPS) is 17.8. The maximum Gasteiger partial charge on any atom is 0.239 e. The summed E-state index contributed by atoms with van der Waals surface area (Å²) in [6.45, 7) is 5.03. The Kier molecular flexibility index (Phi) is 3.83. The number of nitrogens with zero attached hydrogens (tertiary/aromatic N) is 5. The molecule has 0 saturated carbocycles. The standard InChI is InChI=1S/C18H20N6O/c1-12-13(2)22-24-11-19-21-18(24)17(12)23-9-15(20-16(25)10-23)8-14-6-4-3-5-7-14/h3-7,11,15H,8-10H2,1-2H3,(H,20,25)/t15-/m0/s1. The van der Waals surface area contributed by atoms with Crippen molar-refractivity contribution in [2.75, 3.05) is 18.0 Å². The molecular formula is C18H20N6O. The zero-order chi connectivity index (χ0) is 17.4. The molecule has 128 valence electrons. The van der Waals surface area contributed by atoms with E-state index >= 15 is 0 Å². The van der Waals surface area contributed by atoms with Gasteiger partial charge >= 0.3 is 0 Å². The van der Waals surface area contributed by atoms with Crippen LogP contribution in [0.3, 0.4) is 0 Å². The minimum absolute atomic E-state index is 0.0266. The Morgan fingerprint density at radius 2 is 2.04 bits per heavy atom. The number of aromatic nitrogens is 4. The van der Waals surface area contributed by atoms with Gasteiger partial charge in [0, 0.05) is 6.54 Å². The van der Waals surface area contributed by atoms with Gasteiger partial charge in [0.2, 0.25) is 11.6 Å². The van der Waals surface area contributed by atoms with Crippen LogP contribution in [-0.4, -0.2) is 44.8 Å². The highest BCUT2D eigenvalue weighted by molar-refractivity contribution is 5.86. The molecule has 0 spiro atoms. The van der Waals surface area contributed by atoms with Crippen LogP contribution in [0.5, 0.6) is 0 Å². The van der Waals surface area contributed by atoms with E-state index in [0.717, 1.165) is 29.9 Å². The first-order chi connectivity index (χ1) is 12.1. The monoisotopic (exact) mass is 336 g/mol. The topological polar surface area (TPSA) is 75.4 Å². The summed E-state index contributed by atoms with van der Waals surface area (Å²) in [4.78, 5) is 14.4. The lowest BCUT2D eigenvalue weighted by Crippen LogP contribution is -2.55. The van der Waals surface area contributed by atoms with Gasteiger partial charge in [-0.25, -0.2) is 0 Å². The first-order valence-electron chi connectivity index (χ1n) is 8.37. The van der Waals surface area contributed by atoms with Crippen molar-refractivity contribution in [1.82, 2.24) is 25.1 Å². The third-order valence-corrected chi connectivity index (χ3v) is 4.68. The number of piperazine rings is 1. The van der Waals surface area contributed by atoms with Crippen molar-refractivity contribution in [1.29, 1.82) is 0 Å². The molecule has 0 aliphatic carbocycles. The fraction of sp³-hybridized carbons (Fsp3) is 0.333. The van der Waals surface area contributed by atoms with Crippen LogP contribution in [0.4, 0.5) is 5.69 Å².